The molecule has 0 amide bonds. The molecule has 3 nitrogen and oxygen atoms in total. The summed E-state index contributed by atoms with van der Waals surface area (Å²) >= 11 is 0. The topological polar surface area (TPSA) is 53.8 Å². The van der Waals surface area contributed by atoms with E-state index in [2.05, 4.69) is 4.98 Å². The van der Waals surface area contributed by atoms with Crippen molar-refractivity contribution in [2.45, 2.75) is 6.92 Å². The molecule has 0 fully saturated rings. The van der Waals surface area contributed by atoms with E-state index in [4.69, 9.17) is 5.26 Å². The first kappa shape index (κ1) is 14.7. The van der Waals surface area contributed by atoms with Crippen molar-refractivity contribution in [2.75, 3.05) is 0 Å². The molecule has 0 aliphatic carbocycles. The van der Waals surface area contributed by atoms with Gasteiger partial charge in [0.2, 0.25) is 0 Å². The molecule has 0 aliphatic rings. The molecule has 0 spiro atoms. The number of nitrogens with zero attached hydrogens (tertiary/aromatic N) is 2. The molecule has 1 heterocycles. The number of hydrogen-bond donors (Lipinski definition) is 0. The van der Waals surface area contributed by atoms with E-state index < -0.39 is 5.92 Å². The van der Waals surface area contributed by atoms with Gasteiger partial charge in [-0.15, -0.1) is 0 Å². The van der Waals surface area contributed by atoms with Crippen LogP contribution >= 0.6 is 0 Å². The number of pyridine rings is 1. The van der Waals surface area contributed by atoms with E-state index in [0.717, 1.165) is 10.8 Å². The molecule has 1 atom stereocenters. The van der Waals surface area contributed by atoms with Gasteiger partial charge in [-0.3, -0.25) is 0 Å². The Balaban J connectivity index is 0.00000162. The van der Waals surface area contributed by atoms with Crippen LogP contribution in [-0.4, -0.2) is 10.8 Å². The van der Waals surface area contributed by atoms with E-state index in [9.17, 15) is 4.79 Å². The van der Waals surface area contributed by atoms with Gasteiger partial charge in [0.05, 0.1) is 6.07 Å². The van der Waals surface area contributed by atoms with Gasteiger partial charge in [-0.2, -0.15) is 11.7 Å². The Labute approximate surface area is 128 Å². The van der Waals surface area contributed by atoms with Crippen LogP contribution < -0.4 is 29.6 Å². The zero-order valence-electron chi connectivity index (χ0n) is 10.4. The summed E-state index contributed by atoms with van der Waals surface area (Å²) in [4.78, 5) is 16.1. The molecule has 0 radical (unpaired) electrons. The van der Waals surface area contributed by atoms with Crippen LogP contribution in [0.3, 0.4) is 0 Å². The number of benzene rings is 1. The van der Waals surface area contributed by atoms with Gasteiger partial charge in [0.25, 0.3) is 0 Å². The summed E-state index contributed by atoms with van der Waals surface area (Å²) in [6, 6.07) is 11.4. The van der Waals surface area contributed by atoms with Crippen LogP contribution in [0.25, 0.3) is 10.8 Å². The summed E-state index contributed by atoms with van der Waals surface area (Å²) in [5.74, 6) is -0.598. The minimum absolute atomic E-state index is 0. The Morgan fingerprint density at radius 3 is 2.83 bits per heavy atom. The van der Waals surface area contributed by atoms with Gasteiger partial charge in [-0.25, -0.2) is 0 Å². The maximum absolute atomic E-state index is 12.0. The Kier molecular flexibility index (Phi) is 5.36. The third-order valence-electron chi connectivity index (χ3n) is 2.51. The summed E-state index contributed by atoms with van der Waals surface area (Å²) < 4.78 is 0. The van der Waals surface area contributed by atoms with Crippen LogP contribution in [0, 0.1) is 23.7 Å². The van der Waals surface area contributed by atoms with Crippen molar-refractivity contribution in [1.29, 1.82) is 5.26 Å². The first-order valence-corrected chi connectivity index (χ1v) is 5.35. The van der Waals surface area contributed by atoms with E-state index in [-0.39, 0.29) is 35.3 Å². The van der Waals surface area contributed by atoms with E-state index in [1.54, 1.807) is 13.1 Å². The summed E-state index contributed by atoms with van der Waals surface area (Å²) in [5, 5.41) is 10.5. The molecule has 2 rings (SSSR count). The zero-order valence-corrected chi connectivity index (χ0v) is 12.4. The summed E-state index contributed by atoms with van der Waals surface area (Å²) in [6.45, 7) is 1.68. The quantitative estimate of drug-likeness (QED) is 0.427. The fraction of sp³-hybridized carbons (Fsp3) is 0.143. The molecule has 4 heteroatoms. The number of aromatic nitrogens is 1. The maximum Gasteiger partial charge on any atom is 1.00 e. The summed E-state index contributed by atoms with van der Waals surface area (Å²) in [5.41, 5.74) is 0.408. The number of rotatable bonds is 3. The zero-order chi connectivity index (χ0) is 12.3. The van der Waals surface area contributed by atoms with Crippen LogP contribution in [0.5, 0.6) is 0 Å². The molecule has 84 valence electrons. The Hall–Kier alpha value is -1.34. The Bertz CT molecular complexity index is 599. The van der Waals surface area contributed by atoms with E-state index >= 15 is 0 Å². The minimum Gasteiger partial charge on any atom is -0.347 e. The maximum atomic E-state index is 12.0. The Morgan fingerprint density at radius 2 is 2.11 bits per heavy atom. The molecule has 1 aromatic carbocycles. The van der Waals surface area contributed by atoms with Crippen LogP contribution in [-0.2, 0) is 0 Å². The predicted octanol–water partition coefficient (Wildman–Crippen LogP) is -0.215. The van der Waals surface area contributed by atoms with Gasteiger partial charge in [0.15, 0.2) is 0 Å². The number of Topliss-reactive ketones (excluding diaryl/α,β-unsaturated/α-hetero) is 1. The smallest absolute Gasteiger partial charge is 0.347 e. The van der Waals surface area contributed by atoms with Gasteiger partial charge < -0.3 is 9.78 Å². The number of nitriles is 1. The molecule has 1 aromatic heterocycles. The number of fused-ring (bicyclic) bond motifs is 1. The average molecular weight is 246 g/mol. The number of ketones is 1. The van der Waals surface area contributed by atoms with Crippen molar-refractivity contribution >= 4 is 16.6 Å². The van der Waals surface area contributed by atoms with Gasteiger partial charge in [0, 0.05) is 17.9 Å². The largest absolute Gasteiger partial charge is 1.00 e. The Morgan fingerprint density at radius 1 is 1.39 bits per heavy atom. The predicted molar refractivity (Wildman–Crippen MR) is 65.2 cm³/mol. The summed E-state index contributed by atoms with van der Waals surface area (Å²) in [7, 11) is 0. The fourth-order valence-corrected chi connectivity index (χ4v) is 1.66. The van der Waals surface area contributed by atoms with Crippen molar-refractivity contribution in [3.05, 3.63) is 48.6 Å². The SMILES string of the molecule is CC(C#N)[CH-]C(=O)c1nccc2ccccc12.[Na+]. The molecule has 0 saturated carbocycles. The third kappa shape index (κ3) is 3.11. The molecular weight excluding hydrogens is 235 g/mol. The second-order valence-electron chi connectivity index (χ2n) is 3.83. The molecule has 0 aliphatic heterocycles. The monoisotopic (exact) mass is 246 g/mol. The minimum atomic E-state index is -0.400. The molecule has 0 N–H and O–H groups in total. The van der Waals surface area contributed by atoms with Crippen molar-refractivity contribution in [3.8, 4) is 6.07 Å². The second-order valence-corrected chi connectivity index (χ2v) is 3.83. The van der Waals surface area contributed by atoms with E-state index in [1.807, 2.05) is 36.4 Å². The van der Waals surface area contributed by atoms with E-state index in [1.165, 1.54) is 6.42 Å². The number of carbonyl (C=O) groups excluding carboxylic acids is 1. The number of hydrogen-bond acceptors (Lipinski definition) is 3. The fourth-order valence-electron chi connectivity index (χ4n) is 1.66. The summed E-state index contributed by atoms with van der Waals surface area (Å²) in [6.07, 6.45) is 3.01. The molecule has 0 saturated heterocycles. The first-order valence-electron chi connectivity index (χ1n) is 5.35. The van der Waals surface area contributed by atoms with Crippen molar-refractivity contribution in [3.63, 3.8) is 0 Å². The third-order valence-corrected chi connectivity index (χ3v) is 2.51. The van der Waals surface area contributed by atoms with E-state index in [0.29, 0.717) is 5.69 Å². The van der Waals surface area contributed by atoms with Crippen molar-refractivity contribution in [2.24, 2.45) is 5.92 Å². The van der Waals surface area contributed by atoms with Gasteiger partial charge in [-0.05, 0) is 17.1 Å². The van der Waals surface area contributed by atoms with Crippen LogP contribution in [0.15, 0.2) is 36.5 Å². The second kappa shape index (κ2) is 6.55. The van der Waals surface area contributed by atoms with Gasteiger partial charge in [0.1, 0.15) is 0 Å². The molecule has 0 bridgehead atoms. The average Bonchev–Trinajstić information content (AvgIpc) is 2.37. The first-order chi connectivity index (χ1) is 8.22. The molecule has 18 heavy (non-hydrogen) atoms. The van der Waals surface area contributed by atoms with Crippen LogP contribution in [0.2, 0.25) is 0 Å². The normalized spacial score (nSPS) is 11.1. The van der Waals surface area contributed by atoms with Crippen molar-refractivity contribution < 1.29 is 34.4 Å². The van der Waals surface area contributed by atoms with Gasteiger partial charge in [-0.1, -0.05) is 36.6 Å². The van der Waals surface area contributed by atoms with Crippen LogP contribution in [0.1, 0.15) is 17.4 Å². The van der Waals surface area contributed by atoms with Gasteiger partial charge >= 0.3 is 29.6 Å². The standard InChI is InChI=1S/C14H11N2O.Na/c1-10(9-15)8-13(17)14-12-5-3-2-4-11(12)6-7-16-14;/h2-8,10H,1H3;/q-1;+1. The molecule has 2 aromatic rings. The number of carbonyl (C=O) groups is 1. The molecule has 1 unspecified atom stereocenters. The molecular formula is C14H11N2NaO. The van der Waals surface area contributed by atoms with Crippen LogP contribution in [0.4, 0.5) is 0 Å². The van der Waals surface area contributed by atoms with Crippen molar-refractivity contribution in [1.82, 2.24) is 4.98 Å².